The molecular formula is C18H21FN4O. The maximum absolute atomic E-state index is 13.5. The standard InChI is InChI=1S/C18H21FN4O/c19-15-5-1-2-6-16(15)21-18(24)8-10-22-11-13-23(14-12-22)17-7-3-4-9-20-17/h1-7,9H,8,10-14H2,(H,21,24). The van der Waals surface area contributed by atoms with E-state index in [-0.39, 0.29) is 11.6 Å². The zero-order valence-electron chi connectivity index (χ0n) is 13.5. The van der Waals surface area contributed by atoms with Crippen LogP contribution in [0.25, 0.3) is 0 Å². The van der Waals surface area contributed by atoms with Gasteiger partial charge >= 0.3 is 0 Å². The van der Waals surface area contributed by atoms with Crippen molar-refractivity contribution in [3.63, 3.8) is 0 Å². The molecule has 6 heteroatoms. The minimum Gasteiger partial charge on any atom is -0.354 e. The van der Waals surface area contributed by atoms with Gasteiger partial charge in [0.15, 0.2) is 0 Å². The molecule has 2 aromatic rings. The highest BCUT2D eigenvalue weighted by Gasteiger charge is 2.18. The smallest absolute Gasteiger partial charge is 0.225 e. The predicted octanol–water partition coefficient (Wildman–Crippen LogP) is 2.37. The zero-order chi connectivity index (χ0) is 16.8. The number of halogens is 1. The normalized spacial score (nSPS) is 15.3. The summed E-state index contributed by atoms with van der Waals surface area (Å²) < 4.78 is 13.5. The summed E-state index contributed by atoms with van der Waals surface area (Å²) in [6.07, 6.45) is 2.16. The number of aromatic nitrogens is 1. The van der Waals surface area contributed by atoms with Crippen LogP contribution >= 0.6 is 0 Å². The van der Waals surface area contributed by atoms with E-state index in [4.69, 9.17) is 0 Å². The average molecular weight is 328 g/mol. The van der Waals surface area contributed by atoms with Crippen LogP contribution in [0.4, 0.5) is 15.9 Å². The van der Waals surface area contributed by atoms with E-state index >= 15 is 0 Å². The van der Waals surface area contributed by atoms with Crippen LogP contribution < -0.4 is 10.2 Å². The summed E-state index contributed by atoms with van der Waals surface area (Å²) in [4.78, 5) is 20.8. The van der Waals surface area contributed by atoms with Gasteiger partial charge in [-0.2, -0.15) is 0 Å². The van der Waals surface area contributed by atoms with Crippen LogP contribution in [-0.2, 0) is 4.79 Å². The lowest BCUT2D eigenvalue weighted by Crippen LogP contribution is -2.47. The molecule has 0 atom stereocenters. The third-order valence-corrected chi connectivity index (χ3v) is 4.15. The number of piperazine rings is 1. The van der Waals surface area contributed by atoms with E-state index < -0.39 is 5.82 Å². The lowest BCUT2D eigenvalue weighted by molar-refractivity contribution is -0.116. The predicted molar refractivity (Wildman–Crippen MR) is 92.5 cm³/mol. The quantitative estimate of drug-likeness (QED) is 0.915. The summed E-state index contributed by atoms with van der Waals surface area (Å²) in [5, 5.41) is 2.62. The highest BCUT2D eigenvalue weighted by atomic mass is 19.1. The number of rotatable bonds is 5. The number of carbonyl (C=O) groups is 1. The van der Waals surface area contributed by atoms with Crippen molar-refractivity contribution in [2.75, 3.05) is 42.9 Å². The summed E-state index contributed by atoms with van der Waals surface area (Å²) in [6.45, 7) is 4.25. The number of nitrogens with one attached hydrogen (secondary N) is 1. The molecule has 0 spiro atoms. The van der Waals surface area contributed by atoms with Gasteiger partial charge in [0.05, 0.1) is 5.69 Å². The number of nitrogens with zero attached hydrogens (tertiary/aromatic N) is 3. The van der Waals surface area contributed by atoms with Gasteiger partial charge in [-0.1, -0.05) is 18.2 Å². The van der Waals surface area contributed by atoms with Gasteiger partial charge in [-0.25, -0.2) is 9.37 Å². The fourth-order valence-electron chi connectivity index (χ4n) is 2.78. The number of carbonyl (C=O) groups excluding carboxylic acids is 1. The molecule has 1 N–H and O–H groups in total. The second kappa shape index (κ2) is 7.88. The van der Waals surface area contributed by atoms with Gasteiger partial charge in [0.2, 0.25) is 5.91 Å². The summed E-state index contributed by atoms with van der Waals surface area (Å²) in [5.74, 6) is 0.427. The number of hydrogen-bond donors (Lipinski definition) is 1. The van der Waals surface area contributed by atoms with E-state index in [9.17, 15) is 9.18 Å². The van der Waals surface area contributed by atoms with E-state index in [0.29, 0.717) is 13.0 Å². The van der Waals surface area contributed by atoms with Crippen LogP contribution in [0.1, 0.15) is 6.42 Å². The number of para-hydroxylation sites is 1. The second-order valence-electron chi connectivity index (χ2n) is 5.79. The minimum atomic E-state index is -0.408. The Labute approximate surface area is 141 Å². The Morgan fingerprint density at radius 2 is 1.83 bits per heavy atom. The highest BCUT2D eigenvalue weighted by molar-refractivity contribution is 5.90. The Morgan fingerprint density at radius 1 is 1.08 bits per heavy atom. The Hall–Kier alpha value is -2.47. The third-order valence-electron chi connectivity index (χ3n) is 4.15. The van der Waals surface area contributed by atoms with Crippen LogP contribution in [0, 0.1) is 5.82 Å². The van der Waals surface area contributed by atoms with Gasteiger partial charge in [0.25, 0.3) is 0 Å². The van der Waals surface area contributed by atoms with E-state index in [1.807, 2.05) is 18.2 Å². The average Bonchev–Trinajstić information content (AvgIpc) is 2.63. The summed E-state index contributed by atoms with van der Waals surface area (Å²) in [6, 6.07) is 12.1. The molecule has 1 amide bonds. The van der Waals surface area contributed by atoms with E-state index in [1.54, 1.807) is 24.4 Å². The SMILES string of the molecule is O=C(CCN1CCN(c2ccccn2)CC1)Nc1ccccc1F. The maximum Gasteiger partial charge on any atom is 0.225 e. The highest BCUT2D eigenvalue weighted by Crippen LogP contribution is 2.14. The first-order valence-corrected chi connectivity index (χ1v) is 8.15. The van der Waals surface area contributed by atoms with Gasteiger partial charge in [-0.3, -0.25) is 9.69 Å². The second-order valence-corrected chi connectivity index (χ2v) is 5.79. The Bertz CT molecular complexity index is 672. The van der Waals surface area contributed by atoms with Crippen molar-refractivity contribution >= 4 is 17.4 Å². The van der Waals surface area contributed by atoms with Crippen LogP contribution in [0.2, 0.25) is 0 Å². The van der Waals surface area contributed by atoms with Crippen molar-refractivity contribution in [3.05, 3.63) is 54.5 Å². The van der Waals surface area contributed by atoms with Crippen LogP contribution in [0.5, 0.6) is 0 Å². The van der Waals surface area contributed by atoms with Crippen molar-refractivity contribution in [2.24, 2.45) is 0 Å². The molecule has 1 aliphatic heterocycles. The van der Waals surface area contributed by atoms with Gasteiger partial charge in [0, 0.05) is 45.3 Å². The number of amides is 1. The molecule has 1 saturated heterocycles. The van der Waals surface area contributed by atoms with Crippen molar-refractivity contribution in [3.8, 4) is 0 Å². The topological polar surface area (TPSA) is 48.5 Å². The molecule has 5 nitrogen and oxygen atoms in total. The zero-order valence-corrected chi connectivity index (χ0v) is 13.5. The molecule has 1 aromatic heterocycles. The largest absolute Gasteiger partial charge is 0.354 e. The van der Waals surface area contributed by atoms with E-state index in [1.165, 1.54) is 6.07 Å². The van der Waals surface area contributed by atoms with Crippen molar-refractivity contribution in [2.45, 2.75) is 6.42 Å². The Balaban J connectivity index is 1.42. The van der Waals surface area contributed by atoms with Crippen molar-refractivity contribution in [1.29, 1.82) is 0 Å². The third kappa shape index (κ3) is 4.29. The van der Waals surface area contributed by atoms with Crippen LogP contribution in [0.15, 0.2) is 48.7 Å². The summed E-state index contributed by atoms with van der Waals surface area (Å²) in [5.41, 5.74) is 0.238. The van der Waals surface area contributed by atoms with Gasteiger partial charge in [-0.05, 0) is 24.3 Å². The van der Waals surface area contributed by atoms with E-state index in [0.717, 1.165) is 32.0 Å². The Kier molecular flexibility index (Phi) is 5.38. The number of anilines is 2. The first-order valence-electron chi connectivity index (χ1n) is 8.15. The van der Waals surface area contributed by atoms with Crippen molar-refractivity contribution in [1.82, 2.24) is 9.88 Å². The molecule has 0 saturated carbocycles. The Morgan fingerprint density at radius 3 is 2.54 bits per heavy atom. The van der Waals surface area contributed by atoms with E-state index in [2.05, 4.69) is 20.1 Å². The number of benzene rings is 1. The maximum atomic E-state index is 13.5. The van der Waals surface area contributed by atoms with Gasteiger partial charge in [0.1, 0.15) is 11.6 Å². The lowest BCUT2D eigenvalue weighted by atomic mass is 10.2. The molecule has 2 heterocycles. The van der Waals surface area contributed by atoms with Crippen LogP contribution in [-0.4, -0.2) is 48.5 Å². The van der Waals surface area contributed by atoms with Crippen LogP contribution in [0.3, 0.4) is 0 Å². The molecule has 0 aliphatic carbocycles. The molecular weight excluding hydrogens is 307 g/mol. The summed E-state index contributed by atoms with van der Waals surface area (Å²) >= 11 is 0. The number of pyridine rings is 1. The molecule has 0 unspecified atom stereocenters. The molecule has 1 aromatic carbocycles. The molecule has 24 heavy (non-hydrogen) atoms. The molecule has 1 aliphatic rings. The van der Waals surface area contributed by atoms with Crippen molar-refractivity contribution < 1.29 is 9.18 Å². The molecule has 126 valence electrons. The summed E-state index contributed by atoms with van der Waals surface area (Å²) in [7, 11) is 0. The van der Waals surface area contributed by atoms with Gasteiger partial charge in [-0.15, -0.1) is 0 Å². The monoisotopic (exact) mass is 328 g/mol. The van der Waals surface area contributed by atoms with Gasteiger partial charge < -0.3 is 10.2 Å². The molecule has 1 fully saturated rings. The molecule has 3 rings (SSSR count). The first-order chi connectivity index (χ1) is 11.7. The molecule has 0 radical (unpaired) electrons. The first kappa shape index (κ1) is 16.4. The number of hydrogen-bond acceptors (Lipinski definition) is 4. The molecule has 0 bridgehead atoms. The lowest BCUT2D eigenvalue weighted by Gasteiger charge is -2.35. The fraction of sp³-hybridized carbons (Fsp3) is 0.333. The fourth-order valence-corrected chi connectivity index (χ4v) is 2.78. The minimum absolute atomic E-state index is 0.160.